The first-order valence-electron chi connectivity index (χ1n) is 12.3. The van der Waals surface area contributed by atoms with Crippen LogP contribution < -0.4 is 0 Å². The summed E-state index contributed by atoms with van der Waals surface area (Å²) in [6.07, 6.45) is 11.4. The molecular weight excluding hydrogens is 360 g/mol. The lowest BCUT2D eigenvalue weighted by Gasteiger charge is -2.64. The maximum absolute atomic E-state index is 11.8. The van der Waals surface area contributed by atoms with Crippen molar-refractivity contribution < 1.29 is 14.6 Å². The van der Waals surface area contributed by atoms with E-state index in [1.165, 1.54) is 32.1 Å². The first-order chi connectivity index (χ1) is 13.7. The monoisotopic (exact) mass is 402 g/mol. The normalized spacial score (nSPS) is 54.4. The molecule has 0 aromatic heterocycles. The standard InChI is InChI=1S/C26H42O3/c1-6-17(2)26(27)12-10-21-20-8-7-19-16-25(28-13-14-29-25)15-18(3)24(19,5)22(20)9-11-23(21,26)4/h6,17-22,27H,1,7-16H2,2-5H3/t17?,18-,19-,20-,21-,22-,23-,24-,26+/m0/s1. The Morgan fingerprint density at radius 1 is 1.00 bits per heavy atom. The van der Waals surface area contributed by atoms with Gasteiger partial charge in [-0.15, -0.1) is 6.58 Å². The highest BCUT2D eigenvalue weighted by atomic mass is 16.7. The third-order valence-electron chi connectivity index (χ3n) is 11.3. The van der Waals surface area contributed by atoms with Crippen LogP contribution in [0.15, 0.2) is 12.7 Å². The average Bonchev–Trinajstić information content (AvgIpc) is 3.25. The first-order valence-corrected chi connectivity index (χ1v) is 12.3. The quantitative estimate of drug-likeness (QED) is 0.614. The second kappa shape index (κ2) is 6.56. The summed E-state index contributed by atoms with van der Waals surface area (Å²) < 4.78 is 12.3. The molecule has 1 aliphatic heterocycles. The molecule has 5 rings (SSSR count). The van der Waals surface area contributed by atoms with Gasteiger partial charge in [-0.25, -0.2) is 0 Å². The summed E-state index contributed by atoms with van der Waals surface area (Å²) in [4.78, 5) is 0. The summed E-state index contributed by atoms with van der Waals surface area (Å²) in [6.45, 7) is 15.2. The summed E-state index contributed by atoms with van der Waals surface area (Å²) in [7, 11) is 0. The lowest BCUT2D eigenvalue weighted by atomic mass is 9.42. The van der Waals surface area contributed by atoms with Gasteiger partial charge in [0, 0.05) is 18.8 Å². The van der Waals surface area contributed by atoms with Crippen LogP contribution in [-0.4, -0.2) is 29.7 Å². The Morgan fingerprint density at radius 3 is 2.38 bits per heavy atom. The molecular formula is C26H42O3. The summed E-state index contributed by atoms with van der Waals surface area (Å²) >= 11 is 0. The van der Waals surface area contributed by atoms with Gasteiger partial charge in [0.25, 0.3) is 0 Å². The minimum Gasteiger partial charge on any atom is -0.389 e. The molecule has 29 heavy (non-hydrogen) atoms. The largest absolute Gasteiger partial charge is 0.389 e. The molecule has 0 radical (unpaired) electrons. The van der Waals surface area contributed by atoms with Gasteiger partial charge in [-0.3, -0.25) is 0 Å². The van der Waals surface area contributed by atoms with Crippen LogP contribution in [0.2, 0.25) is 0 Å². The van der Waals surface area contributed by atoms with Crippen LogP contribution in [0.4, 0.5) is 0 Å². The fourth-order valence-corrected chi connectivity index (χ4v) is 9.43. The molecule has 1 saturated heterocycles. The first kappa shape index (κ1) is 20.5. The molecule has 0 amide bonds. The molecule has 4 saturated carbocycles. The smallest absolute Gasteiger partial charge is 0.169 e. The van der Waals surface area contributed by atoms with Crippen molar-refractivity contribution >= 4 is 0 Å². The van der Waals surface area contributed by atoms with Crippen molar-refractivity contribution in [2.24, 2.45) is 46.3 Å². The van der Waals surface area contributed by atoms with E-state index < -0.39 is 5.60 Å². The van der Waals surface area contributed by atoms with Crippen LogP contribution >= 0.6 is 0 Å². The number of fused-ring (bicyclic) bond motifs is 5. The molecule has 3 nitrogen and oxygen atoms in total. The highest BCUT2D eigenvalue weighted by Gasteiger charge is 2.67. The van der Waals surface area contributed by atoms with Crippen LogP contribution in [0.25, 0.3) is 0 Å². The molecule has 1 heterocycles. The van der Waals surface area contributed by atoms with E-state index in [1.54, 1.807) is 0 Å². The predicted molar refractivity (Wildman–Crippen MR) is 115 cm³/mol. The third-order valence-corrected chi connectivity index (χ3v) is 11.3. The molecule has 3 heteroatoms. The van der Waals surface area contributed by atoms with E-state index >= 15 is 0 Å². The van der Waals surface area contributed by atoms with Crippen molar-refractivity contribution in [3.8, 4) is 0 Å². The van der Waals surface area contributed by atoms with E-state index in [0.29, 0.717) is 23.2 Å². The number of hydrogen-bond donors (Lipinski definition) is 1. The fourth-order valence-electron chi connectivity index (χ4n) is 9.43. The van der Waals surface area contributed by atoms with E-state index in [4.69, 9.17) is 9.47 Å². The lowest BCUT2D eigenvalue weighted by Crippen LogP contribution is -2.61. The van der Waals surface area contributed by atoms with Crippen molar-refractivity contribution in [3.05, 3.63) is 12.7 Å². The second-order valence-electron chi connectivity index (χ2n) is 11.9. The van der Waals surface area contributed by atoms with Crippen molar-refractivity contribution in [3.63, 3.8) is 0 Å². The Morgan fingerprint density at radius 2 is 1.69 bits per heavy atom. The SMILES string of the molecule is C=CC(C)[C@]1(O)CC[C@H]2[C@@H]3CC[C@H]4CC5(C[C@H](C)[C@]4(C)[C@H]3CC[C@@]21C)OCCO5. The highest BCUT2D eigenvalue weighted by Crippen LogP contribution is 2.70. The Balaban J connectivity index is 1.44. The zero-order valence-electron chi connectivity index (χ0n) is 19.1. The molecule has 164 valence electrons. The van der Waals surface area contributed by atoms with E-state index in [0.717, 1.165) is 44.3 Å². The number of aliphatic hydroxyl groups is 1. The summed E-state index contributed by atoms with van der Waals surface area (Å²) in [5, 5.41) is 11.8. The Hall–Kier alpha value is -0.380. The number of rotatable bonds is 2. The molecule has 9 atom stereocenters. The Bertz CT molecular complexity index is 669. The number of hydrogen-bond acceptors (Lipinski definition) is 3. The van der Waals surface area contributed by atoms with E-state index in [1.807, 2.05) is 6.08 Å². The van der Waals surface area contributed by atoms with Gasteiger partial charge in [0.2, 0.25) is 0 Å². The average molecular weight is 403 g/mol. The second-order valence-corrected chi connectivity index (χ2v) is 11.9. The molecule has 0 aromatic rings. The molecule has 5 fully saturated rings. The van der Waals surface area contributed by atoms with Crippen LogP contribution in [-0.2, 0) is 9.47 Å². The summed E-state index contributed by atoms with van der Waals surface area (Å²) in [5.41, 5.74) is -0.146. The number of ether oxygens (including phenoxy) is 2. The molecule has 1 N–H and O–H groups in total. The van der Waals surface area contributed by atoms with E-state index in [2.05, 4.69) is 34.3 Å². The molecule has 1 unspecified atom stereocenters. The van der Waals surface area contributed by atoms with Gasteiger partial charge in [-0.05, 0) is 78.9 Å². The molecule has 0 aromatic carbocycles. The van der Waals surface area contributed by atoms with Gasteiger partial charge >= 0.3 is 0 Å². The van der Waals surface area contributed by atoms with Crippen LogP contribution in [0.1, 0.15) is 79.1 Å². The van der Waals surface area contributed by atoms with Crippen LogP contribution in [0.3, 0.4) is 0 Å². The molecule has 1 spiro atoms. The van der Waals surface area contributed by atoms with Crippen LogP contribution in [0, 0.1) is 46.3 Å². The Labute approximate surface area is 177 Å². The van der Waals surface area contributed by atoms with Crippen molar-refractivity contribution in [1.82, 2.24) is 0 Å². The van der Waals surface area contributed by atoms with Crippen molar-refractivity contribution in [1.29, 1.82) is 0 Å². The summed E-state index contributed by atoms with van der Waals surface area (Å²) in [5.74, 6) is 3.44. The van der Waals surface area contributed by atoms with E-state index in [9.17, 15) is 5.11 Å². The minimum atomic E-state index is -0.574. The van der Waals surface area contributed by atoms with Crippen LogP contribution in [0.5, 0.6) is 0 Å². The fraction of sp³-hybridized carbons (Fsp3) is 0.923. The van der Waals surface area contributed by atoms with Gasteiger partial charge in [-0.2, -0.15) is 0 Å². The zero-order valence-corrected chi connectivity index (χ0v) is 19.1. The molecule has 5 aliphatic rings. The third kappa shape index (κ3) is 2.53. The Kier molecular flexibility index (Phi) is 4.64. The van der Waals surface area contributed by atoms with Gasteiger partial charge in [0.1, 0.15) is 0 Å². The van der Waals surface area contributed by atoms with Crippen molar-refractivity contribution in [2.75, 3.05) is 13.2 Å². The molecule has 0 bridgehead atoms. The van der Waals surface area contributed by atoms with Crippen molar-refractivity contribution in [2.45, 2.75) is 90.4 Å². The topological polar surface area (TPSA) is 38.7 Å². The summed E-state index contributed by atoms with van der Waals surface area (Å²) in [6, 6.07) is 0. The van der Waals surface area contributed by atoms with Gasteiger partial charge in [-0.1, -0.05) is 33.8 Å². The van der Waals surface area contributed by atoms with E-state index in [-0.39, 0.29) is 17.1 Å². The lowest BCUT2D eigenvalue weighted by molar-refractivity contribution is -0.251. The zero-order chi connectivity index (χ0) is 20.7. The maximum atomic E-state index is 11.8. The van der Waals surface area contributed by atoms with Gasteiger partial charge in [0.15, 0.2) is 5.79 Å². The molecule has 4 aliphatic carbocycles. The van der Waals surface area contributed by atoms with Gasteiger partial charge in [0.05, 0.1) is 18.8 Å². The minimum absolute atomic E-state index is 0.0434. The predicted octanol–water partition coefficient (Wildman–Crippen LogP) is 5.57. The van der Waals surface area contributed by atoms with Gasteiger partial charge < -0.3 is 14.6 Å². The highest BCUT2D eigenvalue weighted by molar-refractivity contribution is 5.17. The maximum Gasteiger partial charge on any atom is 0.169 e.